The molecule has 0 saturated carbocycles. The van der Waals surface area contributed by atoms with Crippen molar-refractivity contribution >= 4 is 6.21 Å². The third-order valence-electron chi connectivity index (χ3n) is 5.20. The van der Waals surface area contributed by atoms with Crippen LogP contribution in [0.5, 0.6) is 0 Å². The second-order valence-corrected chi connectivity index (χ2v) is 7.11. The molecule has 1 fully saturated rings. The van der Waals surface area contributed by atoms with E-state index in [0.717, 1.165) is 13.0 Å². The Morgan fingerprint density at radius 1 is 1.33 bits per heavy atom. The quantitative estimate of drug-likeness (QED) is 0.711. The van der Waals surface area contributed by atoms with Crippen LogP contribution in [-0.4, -0.2) is 42.3 Å². The lowest BCUT2D eigenvalue weighted by molar-refractivity contribution is 0.0541. The smallest absolute Gasteiger partial charge is 0.0606 e. The van der Waals surface area contributed by atoms with E-state index in [2.05, 4.69) is 36.9 Å². The van der Waals surface area contributed by atoms with Gasteiger partial charge < -0.3 is 5.73 Å². The minimum absolute atomic E-state index is 0.247. The number of aliphatic imine (C=N–C) groups is 1. The number of piperidine rings is 1. The molecule has 0 aromatic carbocycles. The van der Waals surface area contributed by atoms with Crippen molar-refractivity contribution in [2.24, 2.45) is 16.1 Å². The number of nitrogens with two attached hydrogens (primary N) is 1. The molecule has 1 saturated heterocycles. The van der Waals surface area contributed by atoms with Crippen LogP contribution in [0.1, 0.15) is 40.0 Å². The van der Waals surface area contributed by atoms with Crippen LogP contribution in [0.4, 0.5) is 0 Å². The summed E-state index contributed by atoms with van der Waals surface area (Å²) in [5.74, 6) is 0. The molecule has 0 bridgehead atoms. The second-order valence-electron chi connectivity index (χ2n) is 7.11. The Hall–Kier alpha value is -0.670. The van der Waals surface area contributed by atoms with Crippen LogP contribution in [0.15, 0.2) is 16.1 Å². The molecule has 1 atom stereocenters. The molecule has 3 aliphatic rings. The third-order valence-corrected chi connectivity index (χ3v) is 5.20. The Bertz CT molecular complexity index is 406. The zero-order chi connectivity index (χ0) is 13.0. The number of rotatable bonds is 0. The molecular weight excluding hydrogens is 222 g/mol. The second kappa shape index (κ2) is 3.91. The molecule has 18 heavy (non-hydrogen) atoms. The fourth-order valence-electron chi connectivity index (χ4n) is 3.96. The van der Waals surface area contributed by atoms with E-state index in [9.17, 15) is 0 Å². The Morgan fingerprint density at radius 3 is 2.61 bits per heavy atom. The van der Waals surface area contributed by atoms with Crippen LogP contribution >= 0.6 is 0 Å². The van der Waals surface area contributed by atoms with Crippen molar-refractivity contribution in [2.45, 2.75) is 51.6 Å². The van der Waals surface area contributed by atoms with Gasteiger partial charge in [-0.15, -0.1) is 0 Å². The van der Waals surface area contributed by atoms with Crippen LogP contribution in [-0.2, 0) is 0 Å². The molecule has 3 heteroatoms. The van der Waals surface area contributed by atoms with Gasteiger partial charge in [-0.05, 0) is 64.3 Å². The summed E-state index contributed by atoms with van der Waals surface area (Å²) in [6.45, 7) is 10.2. The average molecular weight is 247 g/mol. The van der Waals surface area contributed by atoms with Crippen LogP contribution in [0.25, 0.3) is 0 Å². The Balaban J connectivity index is 1.81. The number of hydrogen-bond acceptors (Lipinski definition) is 3. The van der Waals surface area contributed by atoms with Crippen molar-refractivity contribution in [1.29, 1.82) is 0 Å². The van der Waals surface area contributed by atoms with E-state index in [1.54, 1.807) is 0 Å². The summed E-state index contributed by atoms with van der Waals surface area (Å²) < 4.78 is 0. The van der Waals surface area contributed by atoms with Crippen molar-refractivity contribution in [3.63, 3.8) is 0 Å². The summed E-state index contributed by atoms with van der Waals surface area (Å²) in [4.78, 5) is 7.04. The predicted molar refractivity (Wildman–Crippen MR) is 76.0 cm³/mol. The van der Waals surface area contributed by atoms with E-state index >= 15 is 0 Å². The normalized spacial score (nSPS) is 31.4. The molecule has 3 nitrogen and oxygen atoms in total. The van der Waals surface area contributed by atoms with Gasteiger partial charge in [0, 0.05) is 23.2 Å². The van der Waals surface area contributed by atoms with E-state index in [1.165, 1.54) is 37.1 Å². The van der Waals surface area contributed by atoms with E-state index in [-0.39, 0.29) is 11.0 Å². The van der Waals surface area contributed by atoms with Gasteiger partial charge in [-0.25, -0.2) is 0 Å². The topological polar surface area (TPSA) is 41.6 Å². The molecule has 3 rings (SSSR count). The maximum Gasteiger partial charge on any atom is 0.0606 e. The number of likely N-dealkylation sites (tertiary alicyclic amines) is 1. The molecular formula is C15H25N3. The van der Waals surface area contributed by atoms with Gasteiger partial charge >= 0.3 is 0 Å². The van der Waals surface area contributed by atoms with Crippen LogP contribution < -0.4 is 5.73 Å². The van der Waals surface area contributed by atoms with Gasteiger partial charge in [-0.3, -0.25) is 9.89 Å². The zero-order valence-electron chi connectivity index (χ0n) is 11.9. The van der Waals surface area contributed by atoms with Crippen LogP contribution in [0, 0.1) is 5.41 Å². The number of hydrogen-bond donors (Lipinski definition) is 1. The molecule has 0 amide bonds. The minimum Gasteiger partial charge on any atom is -0.327 e. The standard InChI is InChI=1S/C15H25N3/c1-14(2,3)18-6-4-15(5-7-18)12-10-17-9-11(12)8-13(15)16/h10,13H,4-9,16H2,1-3H3/t13-/m1/s1. The molecule has 0 unspecified atom stereocenters. The molecule has 0 aromatic heterocycles. The maximum absolute atomic E-state index is 6.47. The molecule has 2 N–H and O–H groups in total. The number of nitrogens with zero attached hydrogens (tertiary/aromatic N) is 2. The summed E-state index contributed by atoms with van der Waals surface area (Å²) in [5, 5.41) is 0. The highest BCUT2D eigenvalue weighted by molar-refractivity contribution is 5.86. The molecule has 0 aromatic rings. The van der Waals surface area contributed by atoms with Crippen molar-refractivity contribution in [1.82, 2.24) is 4.90 Å². The Kier molecular flexibility index (Phi) is 2.69. The fraction of sp³-hybridized carbons (Fsp3) is 0.800. The third kappa shape index (κ3) is 1.68. The van der Waals surface area contributed by atoms with E-state index in [4.69, 9.17) is 5.73 Å². The molecule has 2 aliphatic heterocycles. The first kappa shape index (κ1) is 12.4. The first-order valence-electron chi connectivity index (χ1n) is 7.16. The van der Waals surface area contributed by atoms with E-state index in [0.29, 0.717) is 6.04 Å². The molecule has 0 radical (unpaired) electrons. The highest BCUT2D eigenvalue weighted by atomic mass is 15.2. The van der Waals surface area contributed by atoms with Gasteiger partial charge in [0.1, 0.15) is 0 Å². The fourth-order valence-corrected chi connectivity index (χ4v) is 3.96. The molecule has 1 spiro atoms. The van der Waals surface area contributed by atoms with Gasteiger partial charge in [-0.2, -0.15) is 0 Å². The first-order chi connectivity index (χ1) is 8.43. The summed E-state index contributed by atoms with van der Waals surface area (Å²) in [6, 6.07) is 0.330. The zero-order valence-corrected chi connectivity index (χ0v) is 11.9. The van der Waals surface area contributed by atoms with Gasteiger partial charge in [0.25, 0.3) is 0 Å². The van der Waals surface area contributed by atoms with Gasteiger partial charge in [0.15, 0.2) is 0 Å². The first-order valence-corrected chi connectivity index (χ1v) is 7.16. The van der Waals surface area contributed by atoms with Crippen molar-refractivity contribution in [3.05, 3.63) is 11.1 Å². The Labute approximate surface area is 110 Å². The van der Waals surface area contributed by atoms with Crippen LogP contribution in [0.2, 0.25) is 0 Å². The molecule has 1 aliphatic carbocycles. The summed E-state index contributed by atoms with van der Waals surface area (Å²) in [6.07, 6.45) is 5.60. The lowest BCUT2D eigenvalue weighted by Gasteiger charge is -2.47. The summed E-state index contributed by atoms with van der Waals surface area (Å²) in [5.41, 5.74) is 10.0. The van der Waals surface area contributed by atoms with Gasteiger partial charge in [0.2, 0.25) is 0 Å². The minimum atomic E-state index is 0.247. The predicted octanol–water partition coefficient (Wildman–Crippen LogP) is 1.98. The summed E-state index contributed by atoms with van der Waals surface area (Å²) >= 11 is 0. The lowest BCUT2D eigenvalue weighted by Crippen LogP contribution is -2.53. The monoisotopic (exact) mass is 247 g/mol. The summed E-state index contributed by atoms with van der Waals surface area (Å²) in [7, 11) is 0. The van der Waals surface area contributed by atoms with Crippen molar-refractivity contribution in [2.75, 3.05) is 19.6 Å². The lowest BCUT2D eigenvalue weighted by atomic mass is 9.70. The van der Waals surface area contributed by atoms with Crippen molar-refractivity contribution in [3.8, 4) is 0 Å². The van der Waals surface area contributed by atoms with Crippen LogP contribution in [0.3, 0.4) is 0 Å². The highest BCUT2D eigenvalue weighted by Crippen LogP contribution is 2.50. The van der Waals surface area contributed by atoms with Gasteiger partial charge in [-0.1, -0.05) is 0 Å². The maximum atomic E-state index is 6.47. The van der Waals surface area contributed by atoms with Gasteiger partial charge in [0.05, 0.1) is 6.54 Å². The highest BCUT2D eigenvalue weighted by Gasteiger charge is 2.49. The van der Waals surface area contributed by atoms with E-state index < -0.39 is 0 Å². The molecule has 2 heterocycles. The number of fused-ring (bicyclic) bond motifs is 1. The SMILES string of the molecule is CC(C)(C)N1CCC2(CC1)C1=C(CN=C1)C[C@H]2N. The van der Waals surface area contributed by atoms with E-state index in [1.807, 2.05) is 0 Å². The molecule has 100 valence electrons. The average Bonchev–Trinajstić information content (AvgIpc) is 2.83. The Morgan fingerprint density at radius 2 is 2.00 bits per heavy atom. The largest absolute Gasteiger partial charge is 0.327 e. The van der Waals surface area contributed by atoms with Crippen molar-refractivity contribution < 1.29 is 0 Å².